The molecule has 0 bridgehead atoms. The molecule has 0 aromatic carbocycles. The standard InChI is InChI=1S/C14H28N2O3S/c1-3-8-15-11-12(2)20(17,18)16-9-10-19-14-7-5-4-6-13(14)16/h12-15H,3-11H2,1-2H3. The van der Waals surface area contributed by atoms with Crippen molar-refractivity contribution in [1.29, 1.82) is 0 Å². The second kappa shape index (κ2) is 7.20. The summed E-state index contributed by atoms with van der Waals surface area (Å²) in [5.74, 6) is 0. The van der Waals surface area contributed by atoms with Crippen molar-refractivity contribution in [3.05, 3.63) is 0 Å². The summed E-state index contributed by atoms with van der Waals surface area (Å²) in [7, 11) is -3.22. The summed E-state index contributed by atoms with van der Waals surface area (Å²) in [6, 6.07) is 0.0659. The van der Waals surface area contributed by atoms with Crippen LogP contribution in [0.4, 0.5) is 0 Å². The summed E-state index contributed by atoms with van der Waals surface area (Å²) in [5, 5.41) is 2.85. The molecular weight excluding hydrogens is 276 g/mol. The summed E-state index contributed by atoms with van der Waals surface area (Å²) >= 11 is 0. The molecule has 0 amide bonds. The smallest absolute Gasteiger partial charge is 0.218 e. The van der Waals surface area contributed by atoms with Crippen LogP contribution in [0.2, 0.25) is 0 Å². The molecule has 0 spiro atoms. The summed E-state index contributed by atoms with van der Waals surface area (Å²) < 4.78 is 33.0. The number of rotatable bonds is 6. The van der Waals surface area contributed by atoms with Gasteiger partial charge in [0.2, 0.25) is 10.0 Å². The molecule has 5 nitrogen and oxygen atoms in total. The fourth-order valence-electron chi connectivity index (χ4n) is 3.20. The van der Waals surface area contributed by atoms with Gasteiger partial charge in [0, 0.05) is 13.1 Å². The summed E-state index contributed by atoms with van der Waals surface area (Å²) in [4.78, 5) is 0. The van der Waals surface area contributed by atoms with Crippen LogP contribution in [-0.4, -0.2) is 56.4 Å². The molecule has 1 aliphatic heterocycles. The van der Waals surface area contributed by atoms with Crippen LogP contribution in [-0.2, 0) is 14.8 Å². The zero-order valence-corrected chi connectivity index (χ0v) is 13.5. The van der Waals surface area contributed by atoms with E-state index in [1.165, 1.54) is 0 Å². The Balaban J connectivity index is 2.03. The number of fused-ring (bicyclic) bond motifs is 1. The van der Waals surface area contributed by atoms with Gasteiger partial charge in [-0.1, -0.05) is 19.8 Å². The molecule has 2 aliphatic rings. The maximum absolute atomic E-state index is 12.8. The highest BCUT2D eigenvalue weighted by Gasteiger charge is 2.41. The Bertz CT molecular complexity index is 397. The van der Waals surface area contributed by atoms with Gasteiger partial charge in [0.15, 0.2) is 0 Å². The molecule has 0 radical (unpaired) electrons. The van der Waals surface area contributed by atoms with Crippen molar-refractivity contribution < 1.29 is 13.2 Å². The van der Waals surface area contributed by atoms with Crippen molar-refractivity contribution in [3.63, 3.8) is 0 Å². The first kappa shape index (κ1) is 16.2. The highest BCUT2D eigenvalue weighted by molar-refractivity contribution is 7.89. The lowest BCUT2D eigenvalue weighted by Crippen LogP contribution is -2.57. The van der Waals surface area contributed by atoms with Crippen LogP contribution in [0.5, 0.6) is 0 Å². The van der Waals surface area contributed by atoms with E-state index in [1.54, 1.807) is 4.31 Å². The fourth-order valence-corrected chi connectivity index (χ4v) is 4.93. The van der Waals surface area contributed by atoms with Crippen LogP contribution in [0.25, 0.3) is 0 Å². The minimum Gasteiger partial charge on any atom is -0.375 e. The van der Waals surface area contributed by atoms with E-state index >= 15 is 0 Å². The molecule has 118 valence electrons. The van der Waals surface area contributed by atoms with Gasteiger partial charge in [0.25, 0.3) is 0 Å². The molecule has 2 fully saturated rings. The summed E-state index contributed by atoms with van der Waals surface area (Å²) in [6.45, 7) is 6.35. The first-order chi connectivity index (χ1) is 9.57. The van der Waals surface area contributed by atoms with Gasteiger partial charge in [0.05, 0.1) is 24.0 Å². The van der Waals surface area contributed by atoms with Gasteiger partial charge in [-0.15, -0.1) is 0 Å². The molecule has 1 saturated heterocycles. The Kier molecular flexibility index (Phi) is 5.84. The molecule has 0 aromatic heterocycles. The van der Waals surface area contributed by atoms with Crippen LogP contribution in [0.3, 0.4) is 0 Å². The largest absolute Gasteiger partial charge is 0.375 e. The summed E-state index contributed by atoms with van der Waals surface area (Å²) in [6.07, 6.45) is 5.34. The maximum atomic E-state index is 12.8. The maximum Gasteiger partial charge on any atom is 0.218 e. The predicted molar refractivity (Wildman–Crippen MR) is 80.2 cm³/mol. The molecule has 2 rings (SSSR count). The topological polar surface area (TPSA) is 58.6 Å². The molecular formula is C14H28N2O3S. The van der Waals surface area contributed by atoms with Crippen LogP contribution in [0.1, 0.15) is 46.0 Å². The Morgan fingerprint density at radius 1 is 1.35 bits per heavy atom. The molecule has 1 N–H and O–H groups in total. The lowest BCUT2D eigenvalue weighted by molar-refractivity contribution is -0.0588. The molecule has 6 heteroatoms. The van der Waals surface area contributed by atoms with E-state index in [4.69, 9.17) is 4.74 Å². The predicted octanol–water partition coefficient (Wildman–Crippen LogP) is 1.35. The molecule has 0 aromatic rings. The Labute approximate surface area is 123 Å². The second-order valence-electron chi connectivity index (χ2n) is 5.93. The van der Waals surface area contributed by atoms with Crippen LogP contribution in [0.15, 0.2) is 0 Å². The molecule has 20 heavy (non-hydrogen) atoms. The van der Waals surface area contributed by atoms with Crippen molar-refractivity contribution in [1.82, 2.24) is 9.62 Å². The quantitative estimate of drug-likeness (QED) is 0.753. The minimum absolute atomic E-state index is 0.0659. The first-order valence-electron chi connectivity index (χ1n) is 7.90. The number of nitrogens with one attached hydrogen (secondary N) is 1. The molecule has 1 saturated carbocycles. The van der Waals surface area contributed by atoms with E-state index in [-0.39, 0.29) is 17.4 Å². The Morgan fingerprint density at radius 3 is 2.85 bits per heavy atom. The van der Waals surface area contributed by atoms with Gasteiger partial charge in [-0.3, -0.25) is 0 Å². The van der Waals surface area contributed by atoms with Crippen molar-refractivity contribution in [2.45, 2.75) is 63.3 Å². The third-order valence-electron chi connectivity index (χ3n) is 4.38. The number of hydrogen-bond donors (Lipinski definition) is 1. The van der Waals surface area contributed by atoms with Crippen LogP contribution >= 0.6 is 0 Å². The van der Waals surface area contributed by atoms with Gasteiger partial charge in [0.1, 0.15) is 0 Å². The van der Waals surface area contributed by atoms with Crippen LogP contribution in [0, 0.1) is 0 Å². The molecule has 3 unspecified atom stereocenters. The first-order valence-corrected chi connectivity index (χ1v) is 9.40. The third-order valence-corrected chi connectivity index (χ3v) is 6.67. The van der Waals surface area contributed by atoms with E-state index < -0.39 is 10.0 Å². The monoisotopic (exact) mass is 304 g/mol. The third kappa shape index (κ3) is 3.53. The lowest BCUT2D eigenvalue weighted by Gasteiger charge is -2.43. The van der Waals surface area contributed by atoms with E-state index in [2.05, 4.69) is 12.2 Å². The van der Waals surface area contributed by atoms with Gasteiger partial charge in [-0.2, -0.15) is 4.31 Å². The Hall–Kier alpha value is -0.170. The van der Waals surface area contributed by atoms with E-state index in [9.17, 15) is 8.42 Å². The highest BCUT2D eigenvalue weighted by atomic mass is 32.2. The molecule has 1 aliphatic carbocycles. The zero-order valence-electron chi connectivity index (χ0n) is 12.7. The van der Waals surface area contributed by atoms with Crippen LogP contribution < -0.4 is 5.32 Å². The van der Waals surface area contributed by atoms with Gasteiger partial charge >= 0.3 is 0 Å². The Morgan fingerprint density at radius 2 is 2.10 bits per heavy atom. The lowest BCUT2D eigenvalue weighted by atomic mass is 9.91. The number of sulfonamides is 1. The van der Waals surface area contributed by atoms with Crippen molar-refractivity contribution in [3.8, 4) is 0 Å². The second-order valence-corrected chi connectivity index (χ2v) is 8.24. The number of nitrogens with zero attached hydrogens (tertiary/aromatic N) is 1. The molecule has 1 heterocycles. The fraction of sp³-hybridized carbons (Fsp3) is 1.00. The highest BCUT2D eigenvalue weighted by Crippen LogP contribution is 2.31. The average Bonchev–Trinajstić information content (AvgIpc) is 2.46. The van der Waals surface area contributed by atoms with Crippen molar-refractivity contribution >= 4 is 10.0 Å². The average molecular weight is 304 g/mol. The van der Waals surface area contributed by atoms with Gasteiger partial charge in [-0.05, 0) is 32.7 Å². The van der Waals surface area contributed by atoms with Gasteiger partial charge in [-0.25, -0.2) is 8.42 Å². The minimum atomic E-state index is -3.22. The normalized spacial score (nSPS) is 29.9. The number of morpholine rings is 1. The molecule has 3 atom stereocenters. The van der Waals surface area contributed by atoms with E-state index in [0.717, 1.165) is 38.6 Å². The summed E-state index contributed by atoms with van der Waals surface area (Å²) in [5.41, 5.74) is 0. The SMILES string of the molecule is CCCNCC(C)S(=O)(=O)N1CCOC2CCCCC21. The van der Waals surface area contributed by atoms with E-state index in [0.29, 0.717) is 19.7 Å². The zero-order chi connectivity index (χ0) is 14.6. The van der Waals surface area contributed by atoms with Gasteiger partial charge < -0.3 is 10.1 Å². The van der Waals surface area contributed by atoms with Crippen molar-refractivity contribution in [2.75, 3.05) is 26.2 Å². The number of hydrogen-bond acceptors (Lipinski definition) is 4. The number of ether oxygens (including phenoxy) is 1. The van der Waals surface area contributed by atoms with Crippen molar-refractivity contribution in [2.24, 2.45) is 0 Å². The van der Waals surface area contributed by atoms with E-state index in [1.807, 2.05) is 6.92 Å².